The predicted octanol–water partition coefficient (Wildman–Crippen LogP) is 5.38. The van der Waals surface area contributed by atoms with Crippen LogP contribution in [0, 0.1) is 5.82 Å². The molecule has 1 aliphatic carbocycles. The molecule has 2 fully saturated rings. The van der Waals surface area contributed by atoms with Crippen molar-refractivity contribution in [3.05, 3.63) is 59.2 Å². The molecule has 1 aliphatic heterocycles. The zero-order valence-electron chi connectivity index (χ0n) is 19.6. The molecule has 2 aliphatic rings. The van der Waals surface area contributed by atoms with Crippen molar-refractivity contribution < 1.29 is 9.23 Å². The molecule has 0 spiro atoms. The van der Waals surface area contributed by atoms with Gasteiger partial charge in [-0.2, -0.15) is 0 Å². The smallest absolute Gasteiger partial charge is 0.170 e. The standard InChI is InChI=1S/C23H33FN4O.C2H6/c1-3-4-6-11-22-27(2)14-15-28(22)17-19-13-12-18(16-21(19)24)23(25)26-29-20-9-7-5-8-10-20;1-2/h4,6,11-13,16,20H,3,5,7-10,14-15,17H2,1-2H3,(H2,25,26);1-2H3/b6-4+,22-11+;. The Labute approximate surface area is 187 Å². The summed E-state index contributed by atoms with van der Waals surface area (Å²) in [4.78, 5) is 9.95. The second-order valence-corrected chi connectivity index (χ2v) is 7.85. The van der Waals surface area contributed by atoms with Crippen LogP contribution in [0.3, 0.4) is 0 Å². The highest BCUT2D eigenvalue weighted by Gasteiger charge is 2.22. The fourth-order valence-corrected chi connectivity index (χ4v) is 3.82. The summed E-state index contributed by atoms with van der Waals surface area (Å²) < 4.78 is 14.8. The lowest BCUT2D eigenvalue weighted by Gasteiger charge is -2.22. The van der Waals surface area contributed by atoms with E-state index in [0.717, 1.165) is 38.2 Å². The molecule has 1 saturated carbocycles. The molecule has 2 N–H and O–H groups in total. The first-order valence-corrected chi connectivity index (χ1v) is 11.7. The van der Waals surface area contributed by atoms with Crippen LogP contribution in [-0.4, -0.2) is 41.9 Å². The van der Waals surface area contributed by atoms with Crippen LogP contribution in [0.25, 0.3) is 0 Å². The molecule has 172 valence electrons. The first-order chi connectivity index (χ1) is 15.1. The van der Waals surface area contributed by atoms with Crippen LogP contribution in [-0.2, 0) is 11.4 Å². The number of hydrogen-bond donors (Lipinski definition) is 1. The summed E-state index contributed by atoms with van der Waals surface area (Å²) in [6, 6.07) is 5.08. The molecule has 6 heteroatoms. The SMILES string of the molecule is CC.CC/C=C/C=C1\N(C)CCN1Cc1ccc(/C(N)=N\OC2CCCCC2)cc1F. The van der Waals surface area contributed by atoms with E-state index in [9.17, 15) is 4.39 Å². The third-order valence-electron chi connectivity index (χ3n) is 5.60. The van der Waals surface area contributed by atoms with Gasteiger partial charge < -0.3 is 20.4 Å². The van der Waals surface area contributed by atoms with Crippen molar-refractivity contribution in [2.45, 2.75) is 71.9 Å². The summed E-state index contributed by atoms with van der Waals surface area (Å²) in [6.45, 7) is 8.45. The normalized spacial score (nSPS) is 19.1. The molecule has 0 bridgehead atoms. The molecular weight excluding hydrogens is 391 g/mol. The lowest BCUT2D eigenvalue weighted by Crippen LogP contribution is -2.22. The molecule has 0 unspecified atom stereocenters. The van der Waals surface area contributed by atoms with Gasteiger partial charge in [0.25, 0.3) is 0 Å². The lowest BCUT2D eigenvalue weighted by atomic mass is 9.98. The van der Waals surface area contributed by atoms with Crippen LogP contribution in [0.2, 0.25) is 0 Å². The Hall–Kier alpha value is -2.50. The van der Waals surface area contributed by atoms with Crippen molar-refractivity contribution in [3.63, 3.8) is 0 Å². The number of allylic oxidation sites excluding steroid dienone is 3. The highest BCUT2D eigenvalue weighted by atomic mass is 19.1. The number of oxime groups is 1. The first-order valence-electron chi connectivity index (χ1n) is 11.7. The number of likely N-dealkylation sites (N-methyl/N-ethyl adjacent to an activating group) is 1. The van der Waals surface area contributed by atoms with E-state index in [1.54, 1.807) is 6.07 Å². The molecule has 1 heterocycles. The van der Waals surface area contributed by atoms with Crippen molar-refractivity contribution in [1.82, 2.24) is 9.80 Å². The minimum Gasteiger partial charge on any atom is -0.391 e. The number of nitrogens with zero attached hydrogens (tertiary/aromatic N) is 3. The fraction of sp³-hybridized carbons (Fsp3) is 0.560. The zero-order chi connectivity index (χ0) is 22.6. The van der Waals surface area contributed by atoms with Gasteiger partial charge in [-0.15, -0.1) is 0 Å². The van der Waals surface area contributed by atoms with E-state index in [1.807, 2.05) is 19.9 Å². The Morgan fingerprint density at radius 2 is 1.97 bits per heavy atom. The summed E-state index contributed by atoms with van der Waals surface area (Å²) in [6.07, 6.45) is 13.0. The van der Waals surface area contributed by atoms with Gasteiger partial charge in [-0.05, 0) is 44.2 Å². The van der Waals surface area contributed by atoms with E-state index >= 15 is 0 Å². The number of rotatable bonds is 7. The molecule has 0 atom stereocenters. The monoisotopic (exact) mass is 430 g/mol. The molecule has 1 saturated heterocycles. The maximum Gasteiger partial charge on any atom is 0.170 e. The molecule has 3 rings (SSSR count). The fourth-order valence-electron chi connectivity index (χ4n) is 3.82. The van der Waals surface area contributed by atoms with Crippen LogP contribution >= 0.6 is 0 Å². The van der Waals surface area contributed by atoms with E-state index in [1.165, 1.54) is 25.3 Å². The first kappa shape index (κ1) is 24.8. The lowest BCUT2D eigenvalue weighted by molar-refractivity contribution is 0.0328. The van der Waals surface area contributed by atoms with Crippen molar-refractivity contribution in [1.29, 1.82) is 0 Å². The average Bonchev–Trinajstić information content (AvgIpc) is 3.15. The number of halogens is 1. The summed E-state index contributed by atoms with van der Waals surface area (Å²) in [7, 11) is 2.06. The predicted molar refractivity (Wildman–Crippen MR) is 127 cm³/mol. The van der Waals surface area contributed by atoms with Crippen LogP contribution in [0.5, 0.6) is 0 Å². The number of hydrogen-bond acceptors (Lipinski definition) is 4. The molecule has 0 aromatic heterocycles. The Kier molecular flexibility index (Phi) is 10.4. The molecule has 1 aromatic carbocycles. The highest BCUT2D eigenvalue weighted by molar-refractivity contribution is 5.97. The second-order valence-electron chi connectivity index (χ2n) is 7.85. The number of benzene rings is 1. The summed E-state index contributed by atoms with van der Waals surface area (Å²) >= 11 is 0. The quantitative estimate of drug-likeness (QED) is 0.359. The van der Waals surface area contributed by atoms with Crippen molar-refractivity contribution in [2.75, 3.05) is 20.1 Å². The van der Waals surface area contributed by atoms with Crippen molar-refractivity contribution >= 4 is 5.84 Å². The van der Waals surface area contributed by atoms with Gasteiger partial charge in [-0.3, -0.25) is 0 Å². The van der Waals surface area contributed by atoms with Crippen LogP contribution < -0.4 is 5.73 Å². The van der Waals surface area contributed by atoms with E-state index in [2.05, 4.69) is 47.2 Å². The van der Waals surface area contributed by atoms with Crippen LogP contribution in [0.1, 0.15) is 70.4 Å². The molecule has 31 heavy (non-hydrogen) atoms. The van der Waals surface area contributed by atoms with Gasteiger partial charge in [0, 0.05) is 37.8 Å². The van der Waals surface area contributed by atoms with Gasteiger partial charge in [0.2, 0.25) is 0 Å². The van der Waals surface area contributed by atoms with Crippen molar-refractivity contribution in [3.8, 4) is 0 Å². The van der Waals surface area contributed by atoms with E-state index in [4.69, 9.17) is 10.6 Å². The van der Waals surface area contributed by atoms with Gasteiger partial charge >= 0.3 is 0 Å². The van der Waals surface area contributed by atoms with Gasteiger partial charge in [0.15, 0.2) is 5.84 Å². The Morgan fingerprint density at radius 1 is 1.23 bits per heavy atom. The van der Waals surface area contributed by atoms with E-state index < -0.39 is 0 Å². The van der Waals surface area contributed by atoms with Crippen molar-refractivity contribution in [2.24, 2.45) is 10.9 Å². The Morgan fingerprint density at radius 3 is 2.65 bits per heavy atom. The topological polar surface area (TPSA) is 54.1 Å². The third kappa shape index (κ3) is 7.30. The zero-order valence-corrected chi connectivity index (χ0v) is 19.6. The molecule has 0 radical (unpaired) electrons. The third-order valence-corrected chi connectivity index (χ3v) is 5.60. The molecule has 1 aromatic rings. The van der Waals surface area contributed by atoms with Gasteiger partial charge in [0.05, 0.1) is 0 Å². The number of amidine groups is 1. The largest absolute Gasteiger partial charge is 0.391 e. The molecular formula is C25H39FN4O. The Balaban J connectivity index is 0.00000166. The van der Waals surface area contributed by atoms with Crippen LogP contribution in [0.15, 0.2) is 47.4 Å². The van der Waals surface area contributed by atoms with Gasteiger partial charge in [-0.1, -0.05) is 56.6 Å². The molecule has 5 nitrogen and oxygen atoms in total. The minimum absolute atomic E-state index is 0.130. The summed E-state index contributed by atoms with van der Waals surface area (Å²) in [5.74, 6) is 1.07. The minimum atomic E-state index is -0.267. The second kappa shape index (κ2) is 13.0. The van der Waals surface area contributed by atoms with Gasteiger partial charge in [0.1, 0.15) is 17.7 Å². The van der Waals surface area contributed by atoms with Crippen LogP contribution in [0.4, 0.5) is 4.39 Å². The number of nitrogens with two attached hydrogens (primary N) is 1. The maximum atomic E-state index is 14.8. The van der Waals surface area contributed by atoms with Gasteiger partial charge in [-0.25, -0.2) is 4.39 Å². The Bertz CT molecular complexity index is 769. The molecule has 0 amide bonds. The summed E-state index contributed by atoms with van der Waals surface area (Å²) in [5, 5.41) is 4.05. The average molecular weight is 431 g/mol. The summed E-state index contributed by atoms with van der Waals surface area (Å²) in [5.41, 5.74) is 7.23. The van der Waals surface area contributed by atoms with E-state index in [0.29, 0.717) is 17.7 Å². The maximum absolute atomic E-state index is 14.8. The highest BCUT2D eigenvalue weighted by Crippen LogP contribution is 2.23. The van der Waals surface area contributed by atoms with E-state index in [-0.39, 0.29) is 17.8 Å².